The van der Waals surface area contributed by atoms with Crippen LogP contribution in [0.2, 0.25) is 5.02 Å². The van der Waals surface area contributed by atoms with E-state index >= 15 is 0 Å². The van der Waals surface area contributed by atoms with Gasteiger partial charge in [-0.25, -0.2) is 4.98 Å². The second kappa shape index (κ2) is 8.53. The lowest BCUT2D eigenvalue weighted by molar-refractivity contribution is 0.466. The van der Waals surface area contributed by atoms with E-state index in [1.165, 1.54) is 17.3 Å². The Bertz CT molecular complexity index is 1350. The SMILES string of the molecule is Cc1ccc(-c2cc(-c3nnc(SCc4ccc(Cl)cc4)o3)c3ccccc3n2)cc1. The van der Waals surface area contributed by atoms with Crippen molar-refractivity contribution >= 4 is 34.3 Å². The summed E-state index contributed by atoms with van der Waals surface area (Å²) in [5, 5.41) is 10.8. The Labute approximate surface area is 189 Å². The van der Waals surface area contributed by atoms with Crippen LogP contribution in [-0.4, -0.2) is 15.2 Å². The zero-order chi connectivity index (χ0) is 21.2. The van der Waals surface area contributed by atoms with Gasteiger partial charge in [0.15, 0.2) is 0 Å². The minimum Gasteiger partial charge on any atom is -0.411 e. The van der Waals surface area contributed by atoms with Gasteiger partial charge in [-0.3, -0.25) is 0 Å². The molecule has 6 heteroatoms. The maximum Gasteiger partial charge on any atom is 0.277 e. The Morgan fingerprint density at radius 2 is 1.68 bits per heavy atom. The first-order valence-corrected chi connectivity index (χ1v) is 11.2. The van der Waals surface area contributed by atoms with Crippen molar-refractivity contribution in [2.45, 2.75) is 17.9 Å². The highest BCUT2D eigenvalue weighted by Crippen LogP contribution is 2.33. The molecule has 0 saturated carbocycles. The molecule has 0 N–H and O–H groups in total. The summed E-state index contributed by atoms with van der Waals surface area (Å²) in [7, 11) is 0. The zero-order valence-corrected chi connectivity index (χ0v) is 18.3. The van der Waals surface area contributed by atoms with Crippen molar-refractivity contribution in [2.24, 2.45) is 0 Å². The number of aryl methyl sites for hydroxylation is 1. The number of benzene rings is 3. The summed E-state index contributed by atoms with van der Waals surface area (Å²) >= 11 is 7.46. The predicted octanol–water partition coefficient (Wildman–Crippen LogP) is 7.21. The van der Waals surface area contributed by atoms with Crippen LogP contribution in [0.15, 0.2) is 88.5 Å². The molecule has 5 aromatic rings. The second-order valence-corrected chi connectivity index (χ2v) is 8.59. The second-order valence-electron chi connectivity index (χ2n) is 7.23. The summed E-state index contributed by atoms with van der Waals surface area (Å²) in [6.45, 7) is 2.07. The standard InChI is InChI=1S/C25H18ClN3OS/c1-16-6-10-18(11-7-16)23-14-21(20-4-2-3-5-22(20)27-23)24-28-29-25(30-24)31-15-17-8-12-19(26)13-9-17/h2-14H,15H2,1H3. The summed E-state index contributed by atoms with van der Waals surface area (Å²) < 4.78 is 6.02. The van der Waals surface area contributed by atoms with E-state index in [2.05, 4.69) is 41.4 Å². The van der Waals surface area contributed by atoms with E-state index in [-0.39, 0.29) is 0 Å². The largest absolute Gasteiger partial charge is 0.411 e. The van der Waals surface area contributed by atoms with Crippen molar-refractivity contribution in [2.75, 3.05) is 0 Å². The molecule has 152 valence electrons. The highest BCUT2D eigenvalue weighted by atomic mass is 35.5. The first-order chi connectivity index (χ1) is 15.2. The number of para-hydroxylation sites is 1. The van der Waals surface area contributed by atoms with Gasteiger partial charge in [0, 0.05) is 21.7 Å². The molecule has 0 unspecified atom stereocenters. The van der Waals surface area contributed by atoms with Gasteiger partial charge in [-0.2, -0.15) is 0 Å². The first kappa shape index (κ1) is 19.8. The lowest BCUT2D eigenvalue weighted by Crippen LogP contribution is -1.90. The van der Waals surface area contributed by atoms with Gasteiger partial charge < -0.3 is 4.42 Å². The molecule has 0 bridgehead atoms. The van der Waals surface area contributed by atoms with Gasteiger partial charge in [0.2, 0.25) is 5.89 Å². The molecule has 0 aliphatic carbocycles. The predicted molar refractivity (Wildman–Crippen MR) is 126 cm³/mol. The number of pyridine rings is 1. The number of rotatable bonds is 5. The van der Waals surface area contributed by atoms with Crippen LogP contribution in [0.5, 0.6) is 0 Å². The van der Waals surface area contributed by atoms with Crippen LogP contribution in [0.3, 0.4) is 0 Å². The van der Waals surface area contributed by atoms with Crippen molar-refractivity contribution in [1.29, 1.82) is 0 Å². The summed E-state index contributed by atoms with van der Waals surface area (Å²) in [5.74, 6) is 1.22. The fraction of sp³-hybridized carbons (Fsp3) is 0.0800. The van der Waals surface area contributed by atoms with Crippen LogP contribution < -0.4 is 0 Å². The fourth-order valence-electron chi connectivity index (χ4n) is 3.33. The summed E-state index contributed by atoms with van der Waals surface area (Å²) in [5.41, 5.74) is 6.06. The Balaban J connectivity index is 1.49. The maximum atomic E-state index is 6.02. The van der Waals surface area contributed by atoms with E-state index in [9.17, 15) is 0 Å². The van der Waals surface area contributed by atoms with Crippen LogP contribution >= 0.6 is 23.4 Å². The maximum absolute atomic E-state index is 6.02. The third-order valence-corrected chi connectivity index (χ3v) is 6.12. The van der Waals surface area contributed by atoms with Gasteiger partial charge in [-0.05, 0) is 36.8 Å². The molecule has 2 aromatic heterocycles. The monoisotopic (exact) mass is 443 g/mol. The molecule has 5 rings (SSSR count). The average molecular weight is 444 g/mol. The quantitative estimate of drug-likeness (QED) is 0.269. The number of fused-ring (bicyclic) bond motifs is 1. The van der Waals surface area contributed by atoms with E-state index in [0.717, 1.165) is 44.1 Å². The molecular formula is C25H18ClN3OS. The fourth-order valence-corrected chi connectivity index (χ4v) is 4.17. The van der Waals surface area contributed by atoms with Gasteiger partial charge in [-0.15, -0.1) is 10.2 Å². The number of hydrogen-bond acceptors (Lipinski definition) is 5. The van der Waals surface area contributed by atoms with Crippen LogP contribution in [0.4, 0.5) is 0 Å². The molecule has 3 aromatic carbocycles. The van der Waals surface area contributed by atoms with Gasteiger partial charge in [0.05, 0.1) is 16.8 Å². The first-order valence-electron chi connectivity index (χ1n) is 9.84. The van der Waals surface area contributed by atoms with Crippen molar-refractivity contribution in [3.8, 4) is 22.7 Å². The number of halogens is 1. The van der Waals surface area contributed by atoms with Gasteiger partial charge in [0.1, 0.15) is 0 Å². The van der Waals surface area contributed by atoms with Crippen LogP contribution in [-0.2, 0) is 5.75 Å². The van der Waals surface area contributed by atoms with Crippen LogP contribution in [0.1, 0.15) is 11.1 Å². The molecule has 2 heterocycles. The number of thioether (sulfide) groups is 1. The molecule has 0 saturated heterocycles. The van der Waals surface area contributed by atoms with Gasteiger partial charge in [-0.1, -0.05) is 83.5 Å². The summed E-state index contributed by atoms with van der Waals surface area (Å²) in [6.07, 6.45) is 0. The molecule has 0 amide bonds. The van der Waals surface area contributed by atoms with Crippen LogP contribution in [0, 0.1) is 6.92 Å². The number of aromatic nitrogens is 3. The molecule has 0 radical (unpaired) electrons. The van der Waals surface area contributed by atoms with Crippen molar-refractivity contribution in [3.63, 3.8) is 0 Å². The zero-order valence-electron chi connectivity index (χ0n) is 16.7. The molecule has 0 aliphatic heterocycles. The van der Waals surface area contributed by atoms with E-state index in [1.807, 2.05) is 54.6 Å². The van der Waals surface area contributed by atoms with Crippen molar-refractivity contribution in [1.82, 2.24) is 15.2 Å². The third-order valence-electron chi connectivity index (χ3n) is 4.98. The summed E-state index contributed by atoms with van der Waals surface area (Å²) in [4.78, 5) is 4.85. The minimum absolute atomic E-state index is 0.491. The third kappa shape index (κ3) is 4.33. The lowest BCUT2D eigenvalue weighted by atomic mass is 10.0. The van der Waals surface area contributed by atoms with E-state index in [0.29, 0.717) is 11.1 Å². The van der Waals surface area contributed by atoms with Crippen molar-refractivity contribution in [3.05, 3.63) is 95.0 Å². The number of nitrogens with zero attached hydrogens (tertiary/aromatic N) is 3. The minimum atomic E-state index is 0.491. The summed E-state index contributed by atoms with van der Waals surface area (Å²) in [6, 6.07) is 26.1. The van der Waals surface area contributed by atoms with Gasteiger partial charge in [0.25, 0.3) is 5.22 Å². The smallest absolute Gasteiger partial charge is 0.277 e. The molecule has 0 spiro atoms. The van der Waals surface area contributed by atoms with Gasteiger partial charge >= 0.3 is 0 Å². The molecular weight excluding hydrogens is 426 g/mol. The molecule has 31 heavy (non-hydrogen) atoms. The van der Waals surface area contributed by atoms with Crippen molar-refractivity contribution < 1.29 is 4.42 Å². The average Bonchev–Trinajstić information content (AvgIpc) is 3.27. The van der Waals surface area contributed by atoms with E-state index < -0.39 is 0 Å². The highest BCUT2D eigenvalue weighted by molar-refractivity contribution is 7.98. The topological polar surface area (TPSA) is 51.8 Å². The number of hydrogen-bond donors (Lipinski definition) is 0. The molecule has 0 atom stereocenters. The lowest BCUT2D eigenvalue weighted by Gasteiger charge is -2.08. The van der Waals surface area contributed by atoms with E-state index in [1.54, 1.807) is 0 Å². The van der Waals surface area contributed by atoms with E-state index in [4.69, 9.17) is 21.0 Å². The highest BCUT2D eigenvalue weighted by Gasteiger charge is 2.15. The molecule has 0 aliphatic rings. The normalized spacial score (nSPS) is 11.2. The Morgan fingerprint density at radius 1 is 0.903 bits per heavy atom. The molecule has 4 nitrogen and oxygen atoms in total. The van der Waals surface area contributed by atoms with Crippen LogP contribution in [0.25, 0.3) is 33.6 Å². The Hall–Kier alpha value is -3.15. The Morgan fingerprint density at radius 3 is 2.48 bits per heavy atom. The Kier molecular flexibility index (Phi) is 5.45. The molecule has 0 fully saturated rings.